The zero-order valence-corrected chi connectivity index (χ0v) is 15.5. The number of nitrogens with one attached hydrogen (secondary N) is 2. The summed E-state index contributed by atoms with van der Waals surface area (Å²) in [5, 5.41) is 11.1. The van der Waals surface area contributed by atoms with E-state index < -0.39 is 0 Å². The highest BCUT2D eigenvalue weighted by Crippen LogP contribution is 2.14. The lowest BCUT2D eigenvalue weighted by molar-refractivity contribution is -0.00850. The molecule has 0 spiro atoms. The Morgan fingerprint density at radius 2 is 2.21 bits per heavy atom. The SMILES string of the molecule is C=C/C(=C\N=C/[C@@H](CC)CCC(C=N)NC1CCCCO1)N(C)C. The Morgan fingerprint density at radius 3 is 2.75 bits per heavy atom. The van der Waals surface area contributed by atoms with E-state index in [1.807, 2.05) is 31.4 Å². The summed E-state index contributed by atoms with van der Waals surface area (Å²) in [5.41, 5.74) is 0.995. The molecule has 5 nitrogen and oxygen atoms in total. The predicted octanol–water partition coefficient (Wildman–Crippen LogP) is 3.59. The summed E-state index contributed by atoms with van der Waals surface area (Å²) in [6, 6.07) is 0.0802. The summed E-state index contributed by atoms with van der Waals surface area (Å²) in [7, 11) is 3.96. The number of hydrogen-bond acceptors (Lipinski definition) is 5. The minimum Gasteiger partial charge on any atom is -0.376 e. The van der Waals surface area contributed by atoms with Crippen LogP contribution in [0.3, 0.4) is 0 Å². The van der Waals surface area contributed by atoms with Gasteiger partial charge in [-0.3, -0.25) is 10.3 Å². The molecule has 136 valence electrons. The minimum atomic E-state index is 0.0802. The van der Waals surface area contributed by atoms with Gasteiger partial charge in [-0.05, 0) is 50.5 Å². The quantitative estimate of drug-likeness (QED) is 0.448. The lowest BCUT2D eigenvalue weighted by atomic mass is 9.98. The molecule has 5 heteroatoms. The molecule has 1 aliphatic rings. The molecule has 0 aromatic rings. The molecule has 1 fully saturated rings. The zero-order chi connectivity index (χ0) is 17.8. The Hall–Kier alpha value is -1.46. The maximum atomic E-state index is 7.64. The number of rotatable bonds is 11. The number of aliphatic imine (C=N–C) groups is 1. The van der Waals surface area contributed by atoms with E-state index in [1.165, 1.54) is 12.6 Å². The Kier molecular flexibility index (Phi) is 10.3. The second kappa shape index (κ2) is 12.0. The van der Waals surface area contributed by atoms with E-state index in [0.29, 0.717) is 5.92 Å². The van der Waals surface area contributed by atoms with Crippen LogP contribution in [0.25, 0.3) is 0 Å². The Labute approximate surface area is 147 Å². The third-order valence-corrected chi connectivity index (χ3v) is 4.38. The molecule has 3 atom stereocenters. The van der Waals surface area contributed by atoms with E-state index in [4.69, 9.17) is 10.1 Å². The van der Waals surface area contributed by atoms with Gasteiger partial charge in [-0.15, -0.1) is 0 Å². The zero-order valence-electron chi connectivity index (χ0n) is 15.5. The highest BCUT2D eigenvalue weighted by Gasteiger charge is 2.17. The summed E-state index contributed by atoms with van der Waals surface area (Å²) in [4.78, 5) is 6.44. The van der Waals surface area contributed by atoms with Crippen LogP contribution in [-0.4, -0.2) is 50.3 Å². The van der Waals surface area contributed by atoms with Crippen molar-refractivity contribution in [2.45, 2.75) is 57.7 Å². The van der Waals surface area contributed by atoms with Crippen LogP contribution in [0.5, 0.6) is 0 Å². The Bertz CT molecular complexity index is 425. The standard InChI is InChI=1S/C19H34N4O/c1-5-16(14-21-15-18(6-2)23(3)4)10-11-17(13-20)22-19-9-7-8-12-24-19/h6,13-17,19-20,22H,2,5,7-12H2,1,3-4H3/b18-15+,20-13?,21-14-/t16-,17?,19?/m0/s1. The fraction of sp³-hybridized carbons (Fsp3) is 0.684. The summed E-state index contributed by atoms with van der Waals surface area (Å²) in [6.45, 7) is 6.81. The van der Waals surface area contributed by atoms with Crippen LogP contribution in [0.2, 0.25) is 0 Å². The van der Waals surface area contributed by atoms with Crippen molar-refractivity contribution in [1.29, 1.82) is 5.41 Å². The van der Waals surface area contributed by atoms with Crippen molar-refractivity contribution in [3.05, 3.63) is 24.6 Å². The molecule has 0 aliphatic carbocycles. The van der Waals surface area contributed by atoms with Crippen LogP contribution in [0, 0.1) is 11.3 Å². The molecule has 1 heterocycles. The van der Waals surface area contributed by atoms with Crippen molar-refractivity contribution < 1.29 is 4.74 Å². The molecule has 1 aliphatic heterocycles. The molecule has 0 bridgehead atoms. The fourth-order valence-electron chi connectivity index (χ4n) is 2.70. The molecule has 24 heavy (non-hydrogen) atoms. The number of nitrogens with zero attached hydrogens (tertiary/aromatic N) is 2. The monoisotopic (exact) mass is 334 g/mol. The van der Waals surface area contributed by atoms with Gasteiger partial charge in [-0.2, -0.15) is 0 Å². The molecule has 1 saturated heterocycles. The molecule has 0 aromatic carbocycles. The minimum absolute atomic E-state index is 0.0802. The highest BCUT2D eigenvalue weighted by atomic mass is 16.5. The average Bonchev–Trinajstić information content (AvgIpc) is 2.60. The highest BCUT2D eigenvalue weighted by molar-refractivity contribution is 5.63. The molecular formula is C19H34N4O. The Morgan fingerprint density at radius 1 is 1.42 bits per heavy atom. The largest absolute Gasteiger partial charge is 0.376 e. The number of allylic oxidation sites excluding steroid dienone is 1. The molecule has 0 saturated carbocycles. The van der Waals surface area contributed by atoms with Gasteiger partial charge in [0.2, 0.25) is 0 Å². The van der Waals surface area contributed by atoms with Crippen LogP contribution in [0.15, 0.2) is 29.5 Å². The molecule has 2 unspecified atom stereocenters. The first-order valence-electron chi connectivity index (χ1n) is 9.02. The van der Waals surface area contributed by atoms with Crippen LogP contribution < -0.4 is 5.32 Å². The van der Waals surface area contributed by atoms with Gasteiger partial charge in [0, 0.05) is 45.4 Å². The third kappa shape index (κ3) is 7.88. The number of hydrogen-bond donors (Lipinski definition) is 2. The Balaban J connectivity index is 2.45. The third-order valence-electron chi connectivity index (χ3n) is 4.38. The van der Waals surface area contributed by atoms with Crippen molar-refractivity contribution in [3.8, 4) is 0 Å². The summed E-state index contributed by atoms with van der Waals surface area (Å²) in [6.07, 6.45) is 13.7. The maximum Gasteiger partial charge on any atom is 0.108 e. The van der Waals surface area contributed by atoms with E-state index in [2.05, 4.69) is 23.8 Å². The summed E-state index contributed by atoms with van der Waals surface area (Å²) >= 11 is 0. The van der Waals surface area contributed by atoms with Crippen molar-refractivity contribution in [3.63, 3.8) is 0 Å². The average molecular weight is 335 g/mol. The van der Waals surface area contributed by atoms with E-state index >= 15 is 0 Å². The molecule has 0 radical (unpaired) electrons. The smallest absolute Gasteiger partial charge is 0.108 e. The van der Waals surface area contributed by atoms with Gasteiger partial charge in [0.25, 0.3) is 0 Å². The second-order valence-corrected chi connectivity index (χ2v) is 6.49. The molecular weight excluding hydrogens is 300 g/mol. The van der Waals surface area contributed by atoms with Crippen molar-refractivity contribution in [2.24, 2.45) is 10.9 Å². The van der Waals surface area contributed by atoms with Crippen LogP contribution in [0.4, 0.5) is 0 Å². The van der Waals surface area contributed by atoms with Gasteiger partial charge in [-0.25, -0.2) is 0 Å². The van der Waals surface area contributed by atoms with E-state index in [0.717, 1.165) is 44.4 Å². The van der Waals surface area contributed by atoms with Gasteiger partial charge in [-0.1, -0.05) is 13.5 Å². The van der Waals surface area contributed by atoms with E-state index in [-0.39, 0.29) is 12.3 Å². The maximum absolute atomic E-state index is 7.64. The van der Waals surface area contributed by atoms with Crippen LogP contribution in [-0.2, 0) is 4.74 Å². The van der Waals surface area contributed by atoms with Gasteiger partial charge in [0.15, 0.2) is 0 Å². The van der Waals surface area contributed by atoms with E-state index in [9.17, 15) is 0 Å². The fourth-order valence-corrected chi connectivity index (χ4v) is 2.70. The first-order valence-corrected chi connectivity index (χ1v) is 9.02. The van der Waals surface area contributed by atoms with E-state index in [1.54, 1.807) is 6.08 Å². The molecule has 0 aromatic heterocycles. The predicted molar refractivity (Wildman–Crippen MR) is 103 cm³/mol. The first kappa shape index (κ1) is 20.6. The van der Waals surface area contributed by atoms with Crippen molar-refractivity contribution in [2.75, 3.05) is 20.7 Å². The second-order valence-electron chi connectivity index (χ2n) is 6.49. The van der Waals surface area contributed by atoms with Gasteiger partial charge >= 0.3 is 0 Å². The van der Waals surface area contributed by atoms with Gasteiger partial charge in [0.05, 0.1) is 5.70 Å². The van der Waals surface area contributed by atoms with Crippen molar-refractivity contribution in [1.82, 2.24) is 10.2 Å². The lowest BCUT2D eigenvalue weighted by Gasteiger charge is -2.27. The van der Waals surface area contributed by atoms with Crippen molar-refractivity contribution >= 4 is 12.4 Å². The summed E-state index contributed by atoms with van der Waals surface area (Å²) < 4.78 is 5.71. The molecule has 0 amide bonds. The van der Waals surface area contributed by atoms with Crippen LogP contribution in [0.1, 0.15) is 45.4 Å². The molecule has 2 N–H and O–H groups in total. The summed E-state index contributed by atoms with van der Waals surface area (Å²) in [5.74, 6) is 0.422. The van der Waals surface area contributed by atoms with Crippen LogP contribution >= 0.6 is 0 Å². The molecule has 1 rings (SSSR count). The number of likely N-dealkylation sites (N-methyl/N-ethyl adjacent to an activating group) is 1. The van der Waals surface area contributed by atoms with Gasteiger partial charge < -0.3 is 15.0 Å². The topological polar surface area (TPSA) is 60.7 Å². The lowest BCUT2D eigenvalue weighted by Crippen LogP contribution is -2.42. The normalized spacial score (nSPS) is 21.5. The first-order chi connectivity index (χ1) is 11.6. The number of ether oxygens (including phenoxy) is 1. The van der Waals surface area contributed by atoms with Gasteiger partial charge in [0.1, 0.15) is 6.23 Å².